The number of rotatable bonds is 3. The van der Waals surface area contributed by atoms with Gasteiger partial charge in [0.05, 0.1) is 12.7 Å². The second-order valence-electron chi connectivity index (χ2n) is 4.38. The molecule has 0 bridgehead atoms. The Morgan fingerprint density at radius 3 is 2.94 bits per heavy atom. The maximum atomic E-state index is 11.6. The van der Waals surface area contributed by atoms with Gasteiger partial charge in [0.25, 0.3) is 0 Å². The first-order valence-electron chi connectivity index (χ1n) is 6.15. The molecule has 0 unspecified atom stereocenters. The van der Waals surface area contributed by atoms with Crippen LogP contribution >= 0.6 is 0 Å². The second kappa shape index (κ2) is 5.67. The Bertz CT molecular complexity index is 469. The molecule has 0 fully saturated rings. The summed E-state index contributed by atoms with van der Waals surface area (Å²) in [5.74, 6) is 0.928. The number of hydrogen-bond donors (Lipinski definition) is 1. The molecule has 0 amide bonds. The third kappa shape index (κ3) is 2.88. The summed E-state index contributed by atoms with van der Waals surface area (Å²) in [6.45, 7) is 0. The Labute approximate surface area is 106 Å². The number of aliphatic imine (C=N–C) groups is 1. The lowest BCUT2D eigenvalue weighted by Gasteiger charge is -2.12. The number of aliphatic hydroxyl groups excluding tert-OH is 1. The molecule has 0 spiro atoms. The lowest BCUT2D eigenvalue weighted by Crippen LogP contribution is -2.12. The summed E-state index contributed by atoms with van der Waals surface area (Å²) >= 11 is 0. The van der Waals surface area contributed by atoms with E-state index >= 15 is 0 Å². The molecule has 2 aliphatic carbocycles. The molecule has 0 aromatic rings. The van der Waals surface area contributed by atoms with E-state index in [1.54, 1.807) is 7.11 Å². The summed E-state index contributed by atoms with van der Waals surface area (Å²) in [5, 5.41) is 9.68. The van der Waals surface area contributed by atoms with Gasteiger partial charge in [0.2, 0.25) is 0 Å². The van der Waals surface area contributed by atoms with E-state index in [4.69, 9.17) is 4.74 Å². The SMILES string of the molecule is COC1=CCCC(N=CC2=C(O)CCCC2=O)=C1. The van der Waals surface area contributed by atoms with Gasteiger partial charge in [0.15, 0.2) is 5.78 Å². The third-order valence-electron chi connectivity index (χ3n) is 3.08. The molecule has 0 saturated carbocycles. The predicted octanol–water partition coefficient (Wildman–Crippen LogP) is 2.83. The molecule has 0 aromatic heterocycles. The highest BCUT2D eigenvalue weighted by Gasteiger charge is 2.18. The maximum Gasteiger partial charge on any atom is 0.167 e. The van der Waals surface area contributed by atoms with E-state index in [0.29, 0.717) is 18.4 Å². The fourth-order valence-electron chi connectivity index (χ4n) is 2.04. The van der Waals surface area contributed by atoms with Crippen LogP contribution in [0.3, 0.4) is 0 Å². The Morgan fingerprint density at radius 1 is 1.39 bits per heavy atom. The molecule has 0 saturated heterocycles. The Balaban J connectivity index is 2.14. The van der Waals surface area contributed by atoms with Crippen LogP contribution in [0.15, 0.2) is 39.9 Å². The third-order valence-corrected chi connectivity index (χ3v) is 3.08. The minimum absolute atomic E-state index is 0.0265. The Kier molecular flexibility index (Phi) is 3.97. The first kappa shape index (κ1) is 12.6. The van der Waals surface area contributed by atoms with Crippen LogP contribution in [0.1, 0.15) is 32.1 Å². The summed E-state index contributed by atoms with van der Waals surface area (Å²) in [5.41, 5.74) is 1.23. The van der Waals surface area contributed by atoms with Crippen molar-refractivity contribution in [3.05, 3.63) is 34.9 Å². The molecule has 0 aromatic carbocycles. The molecule has 0 heterocycles. The second-order valence-corrected chi connectivity index (χ2v) is 4.38. The van der Waals surface area contributed by atoms with Crippen LogP contribution in [0.4, 0.5) is 0 Å². The number of methoxy groups -OCH3 is 1. The van der Waals surface area contributed by atoms with Crippen molar-refractivity contribution in [2.24, 2.45) is 4.99 Å². The van der Waals surface area contributed by atoms with Gasteiger partial charge in [-0.05, 0) is 25.3 Å². The van der Waals surface area contributed by atoms with Crippen LogP contribution in [0.2, 0.25) is 0 Å². The molecule has 0 radical (unpaired) electrons. The van der Waals surface area contributed by atoms with Gasteiger partial charge < -0.3 is 9.84 Å². The van der Waals surface area contributed by atoms with Crippen molar-refractivity contribution >= 4 is 12.0 Å². The van der Waals surface area contributed by atoms with Gasteiger partial charge in [0, 0.05) is 30.8 Å². The lowest BCUT2D eigenvalue weighted by atomic mass is 9.97. The van der Waals surface area contributed by atoms with Crippen molar-refractivity contribution in [3.8, 4) is 0 Å². The molecule has 18 heavy (non-hydrogen) atoms. The summed E-state index contributed by atoms with van der Waals surface area (Å²) in [6.07, 6.45) is 8.83. The maximum absolute atomic E-state index is 11.6. The van der Waals surface area contributed by atoms with Crippen molar-refractivity contribution in [3.63, 3.8) is 0 Å². The number of Topliss-reactive ketones (excluding diaryl/α,β-unsaturated/α-hetero) is 1. The minimum atomic E-state index is -0.0265. The summed E-state index contributed by atoms with van der Waals surface area (Å²) < 4.78 is 5.14. The highest BCUT2D eigenvalue weighted by molar-refractivity contribution is 6.14. The first-order chi connectivity index (χ1) is 8.70. The molecule has 0 atom stereocenters. The molecular formula is C14H17NO3. The number of hydrogen-bond acceptors (Lipinski definition) is 4. The zero-order valence-corrected chi connectivity index (χ0v) is 10.5. The molecule has 0 aliphatic heterocycles. The minimum Gasteiger partial charge on any atom is -0.512 e. The number of aliphatic hydroxyl groups is 1. The molecular weight excluding hydrogens is 230 g/mol. The molecule has 1 N–H and O–H groups in total. The van der Waals surface area contributed by atoms with Crippen LogP contribution < -0.4 is 0 Å². The van der Waals surface area contributed by atoms with Gasteiger partial charge in [-0.2, -0.15) is 0 Å². The fraction of sp³-hybridized carbons (Fsp3) is 0.429. The number of ketones is 1. The zero-order chi connectivity index (χ0) is 13.0. The standard InChI is InChI=1S/C14H17NO3/c1-18-11-5-2-4-10(8-11)15-9-12-13(16)6-3-7-14(12)17/h5,8-9,16H,2-4,6-7H2,1H3. The highest BCUT2D eigenvalue weighted by Crippen LogP contribution is 2.21. The average molecular weight is 247 g/mol. The van der Waals surface area contributed by atoms with Crippen LogP contribution in [0, 0.1) is 0 Å². The van der Waals surface area contributed by atoms with Crippen molar-refractivity contribution in [1.29, 1.82) is 0 Å². The van der Waals surface area contributed by atoms with Gasteiger partial charge in [-0.3, -0.25) is 9.79 Å². The molecule has 4 heteroatoms. The fourth-order valence-corrected chi connectivity index (χ4v) is 2.04. The normalized spacial score (nSPS) is 21.1. The molecule has 2 aliphatic rings. The van der Waals surface area contributed by atoms with E-state index in [0.717, 1.165) is 30.7 Å². The smallest absolute Gasteiger partial charge is 0.167 e. The van der Waals surface area contributed by atoms with E-state index in [-0.39, 0.29) is 11.5 Å². The van der Waals surface area contributed by atoms with Crippen LogP contribution in [0.25, 0.3) is 0 Å². The predicted molar refractivity (Wildman–Crippen MR) is 69.4 cm³/mol. The number of carbonyl (C=O) groups is 1. The van der Waals surface area contributed by atoms with Gasteiger partial charge in [-0.15, -0.1) is 0 Å². The van der Waals surface area contributed by atoms with Crippen molar-refractivity contribution in [2.75, 3.05) is 7.11 Å². The Hall–Kier alpha value is -1.84. The van der Waals surface area contributed by atoms with E-state index in [1.807, 2.05) is 12.2 Å². The molecule has 4 nitrogen and oxygen atoms in total. The van der Waals surface area contributed by atoms with E-state index < -0.39 is 0 Å². The topological polar surface area (TPSA) is 58.9 Å². The number of nitrogens with zero attached hydrogens (tertiary/aromatic N) is 1. The lowest BCUT2D eigenvalue weighted by molar-refractivity contribution is -0.115. The Morgan fingerprint density at radius 2 is 2.22 bits per heavy atom. The number of ether oxygens (including phenoxy) is 1. The first-order valence-corrected chi connectivity index (χ1v) is 6.15. The van der Waals surface area contributed by atoms with E-state index in [9.17, 15) is 9.90 Å². The number of carbonyl (C=O) groups excluding carboxylic acids is 1. The van der Waals surface area contributed by atoms with Crippen LogP contribution in [-0.2, 0) is 9.53 Å². The van der Waals surface area contributed by atoms with Crippen molar-refractivity contribution < 1.29 is 14.6 Å². The zero-order valence-electron chi connectivity index (χ0n) is 10.5. The molecule has 96 valence electrons. The van der Waals surface area contributed by atoms with Gasteiger partial charge in [-0.25, -0.2) is 0 Å². The van der Waals surface area contributed by atoms with Crippen LogP contribution in [-0.4, -0.2) is 24.2 Å². The highest BCUT2D eigenvalue weighted by atomic mass is 16.5. The monoisotopic (exact) mass is 247 g/mol. The summed E-state index contributed by atoms with van der Waals surface area (Å²) in [4.78, 5) is 15.9. The average Bonchev–Trinajstić information content (AvgIpc) is 2.38. The van der Waals surface area contributed by atoms with E-state index in [1.165, 1.54) is 6.21 Å². The molecule has 2 rings (SSSR count). The summed E-state index contributed by atoms with van der Waals surface area (Å²) in [7, 11) is 1.62. The van der Waals surface area contributed by atoms with Crippen molar-refractivity contribution in [2.45, 2.75) is 32.1 Å². The summed E-state index contributed by atoms with van der Waals surface area (Å²) in [6, 6.07) is 0. The number of allylic oxidation sites excluding steroid dienone is 5. The largest absolute Gasteiger partial charge is 0.512 e. The van der Waals surface area contributed by atoms with Gasteiger partial charge in [0.1, 0.15) is 11.5 Å². The van der Waals surface area contributed by atoms with Crippen LogP contribution in [0.5, 0.6) is 0 Å². The van der Waals surface area contributed by atoms with E-state index in [2.05, 4.69) is 4.99 Å². The van der Waals surface area contributed by atoms with Crippen molar-refractivity contribution in [1.82, 2.24) is 0 Å². The van der Waals surface area contributed by atoms with Gasteiger partial charge in [-0.1, -0.05) is 0 Å². The van der Waals surface area contributed by atoms with Gasteiger partial charge >= 0.3 is 0 Å². The quantitative estimate of drug-likeness (QED) is 0.780.